The van der Waals surface area contributed by atoms with Crippen LogP contribution in [0.4, 0.5) is 0 Å². The maximum absolute atomic E-state index is 12.5. The quantitative estimate of drug-likeness (QED) is 0.709. The Morgan fingerprint density at radius 2 is 2.17 bits per heavy atom. The van der Waals surface area contributed by atoms with E-state index in [0.29, 0.717) is 19.6 Å². The van der Waals surface area contributed by atoms with Gasteiger partial charge in [0.2, 0.25) is 10.0 Å². The van der Waals surface area contributed by atoms with E-state index in [4.69, 9.17) is 9.84 Å². The first-order valence-corrected chi connectivity index (χ1v) is 9.27. The Kier molecular flexibility index (Phi) is 4.32. The zero-order chi connectivity index (χ0) is 17.5. The summed E-state index contributed by atoms with van der Waals surface area (Å²) in [4.78, 5) is 25.0. The van der Waals surface area contributed by atoms with Gasteiger partial charge in [-0.25, -0.2) is 13.2 Å². The van der Waals surface area contributed by atoms with Crippen LogP contribution in [0.2, 0.25) is 0 Å². The van der Waals surface area contributed by atoms with Crippen LogP contribution in [0.3, 0.4) is 0 Å². The van der Waals surface area contributed by atoms with Crippen LogP contribution < -0.4 is 0 Å². The van der Waals surface area contributed by atoms with Gasteiger partial charge in [0.1, 0.15) is 5.69 Å². The van der Waals surface area contributed by atoms with Crippen LogP contribution in [-0.2, 0) is 21.3 Å². The second kappa shape index (κ2) is 6.15. The second-order valence-electron chi connectivity index (χ2n) is 5.81. The van der Waals surface area contributed by atoms with E-state index in [0.717, 1.165) is 6.26 Å². The van der Waals surface area contributed by atoms with Gasteiger partial charge in [-0.1, -0.05) is 0 Å². The molecule has 1 aromatic rings. The Bertz CT molecular complexity index is 773. The van der Waals surface area contributed by atoms with Crippen LogP contribution in [0, 0.1) is 0 Å². The number of amides is 1. The summed E-state index contributed by atoms with van der Waals surface area (Å²) in [7, 11) is -3.30. The van der Waals surface area contributed by atoms with Gasteiger partial charge in [0.05, 0.1) is 25.5 Å². The fourth-order valence-corrected chi connectivity index (χ4v) is 3.71. The SMILES string of the molecule is CS(=O)(=O)N1CCOC(CN2CCn3nc(C(=O)O)cc3C2=O)C1. The van der Waals surface area contributed by atoms with Gasteiger partial charge in [0.25, 0.3) is 5.91 Å². The standard InChI is InChI=1S/C13H18N4O6S/c1-24(21,22)16-4-5-23-9(8-16)7-15-2-3-17-11(12(15)18)6-10(14-17)13(19)20/h6,9H,2-5,7-8H2,1H3,(H,19,20). The number of hydrogen-bond donors (Lipinski definition) is 1. The molecule has 1 amide bonds. The summed E-state index contributed by atoms with van der Waals surface area (Å²) in [6, 6.07) is 1.25. The number of carbonyl (C=O) groups excluding carboxylic acids is 1. The number of sulfonamides is 1. The number of carboxylic acid groups (broad SMARTS) is 1. The maximum atomic E-state index is 12.5. The van der Waals surface area contributed by atoms with Crippen LogP contribution in [0.1, 0.15) is 21.0 Å². The third kappa shape index (κ3) is 3.28. The van der Waals surface area contributed by atoms with E-state index < -0.39 is 22.1 Å². The molecule has 0 saturated carbocycles. The molecule has 3 heterocycles. The molecule has 0 spiro atoms. The highest BCUT2D eigenvalue weighted by atomic mass is 32.2. The lowest BCUT2D eigenvalue weighted by atomic mass is 10.2. The first-order valence-electron chi connectivity index (χ1n) is 7.43. The Morgan fingerprint density at radius 1 is 1.42 bits per heavy atom. The van der Waals surface area contributed by atoms with Gasteiger partial charge < -0.3 is 14.7 Å². The third-order valence-electron chi connectivity index (χ3n) is 4.08. The van der Waals surface area contributed by atoms with Gasteiger partial charge in [0.15, 0.2) is 5.69 Å². The molecule has 2 aliphatic heterocycles. The highest BCUT2D eigenvalue weighted by molar-refractivity contribution is 7.88. The minimum atomic E-state index is -3.30. The molecular formula is C13H18N4O6S. The van der Waals surface area contributed by atoms with Crippen molar-refractivity contribution >= 4 is 21.9 Å². The molecular weight excluding hydrogens is 340 g/mol. The highest BCUT2D eigenvalue weighted by Gasteiger charge is 2.32. The van der Waals surface area contributed by atoms with Crippen molar-refractivity contribution in [1.29, 1.82) is 0 Å². The van der Waals surface area contributed by atoms with E-state index in [1.54, 1.807) is 4.90 Å². The van der Waals surface area contributed by atoms with Crippen molar-refractivity contribution in [3.05, 3.63) is 17.5 Å². The van der Waals surface area contributed by atoms with Gasteiger partial charge in [-0.3, -0.25) is 9.48 Å². The minimum Gasteiger partial charge on any atom is -0.476 e. The van der Waals surface area contributed by atoms with E-state index in [1.165, 1.54) is 15.1 Å². The Hall–Kier alpha value is -1.98. The molecule has 1 atom stereocenters. The molecule has 3 rings (SSSR count). The molecule has 132 valence electrons. The topological polar surface area (TPSA) is 122 Å². The molecule has 1 N–H and O–H groups in total. The van der Waals surface area contributed by atoms with E-state index in [9.17, 15) is 18.0 Å². The van der Waals surface area contributed by atoms with Crippen LogP contribution in [-0.4, -0.2) is 89.5 Å². The third-order valence-corrected chi connectivity index (χ3v) is 5.35. The number of nitrogens with zero attached hydrogens (tertiary/aromatic N) is 4. The van der Waals surface area contributed by atoms with Crippen molar-refractivity contribution in [3.63, 3.8) is 0 Å². The van der Waals surface area contributed by atoms with Gasteiger partial charge in [0, 0.05) is 32.2 Å². The molecule has 1 saturated heterocycles. The van der Waals surface area contributed by atoms with E-state index >= 15 is 0 Å². The smallest absolute Gasteiger partial charge is 0.356 e. The number of aromatic nitrogens is 2. The lowest BCUT2D eigenvalue weighted by molar-refractivity contribution is -0.0190. The second-order valence-corrected chi connectivity index (χ2v) is 7.79. The van der Waals surface area contributed by atoms with Gasteiger partial charge in [-0.05, 0) is 0 Å². The molecule has 0 radical (unpaired) electrons. The summed E-state index contributed by atoms with van der Waals surface area (Å²) in [6.07, 6.45) is 0.735. The lowest BCUT2D eigenvalue weighted by Crippen LogP contribution is -2.51. The number of ether oxygens (including phenoxy) is 1. The maximum Gasteiger partial charge on any atom is 0.356 e. The number of carbonyl (C=O) groups is 2. The van der Waals surface area contributed by atoms with E-state index in [1.807, 2.05) is 0 Å². The Morgan fingerprint density at radius 3 is 2.83 bits per heavy atom. The minimum absolute atomic E-state index is 0.169. The summed E-state index contributed by atoms with van der Waals surface area (Å²) < 4.78 is 31.6. The summed E-state index contributed by atoms with van der Waals surface area (Å²) in [5.41, 5.74) is 0.0480. The summed E-state index contributed by atoms with van der Waals surface area (Å²) in [5, 5.41) is 12.8. The monoisotopic (exact) mass is 358 g/mol. The number of aromatic carboxylic acids is 1. The van der Waals surface area contributed by atoms with Crippen LogP contribution >= 0.6 is 0 Å². The van der Waals surface area contributed by atoms with Crippen molar-refractivity contribution in [2.24, 2.45) is 0 Å². The summed E-state index contributed by atoms with van der Waals surface area (Å²) >= 11 is 0. The van der Waals surface area contributed by atoms with Crippen molar-refractivity contribution in [3.8, 4) is 0 Å². The average molecular weight is 358 g/mol. The van der Waals surface area contributed by atoms with Crippen molar-refractivity contribution in [2.75, 3.05) is 39.0 Å². The number of fused-ring (bicyclic) bond motifs is 1. The molecule has 1 aromatic heterocycles. The number of carboxylic acids is 1. The Labute approximate surface area is 138 Å². The van der Waals surface area contributed by atoms with Gasteiger partial charge >= 0.3 is 5.97 Å². The van der Waals surface area contributed by atoms with E-state index in [2.05, 4.69) is 5.10 Å². The van der Waals surface area contributed by atoms with Crippen LogP contribution in [0.15, 0.2) is 6.07 Å². The molecule has 0 aromatic carbocycles. The predicted molar refractivity (Wildman–Crippen MR) is 81.2 cm³/mol. The molecule has 2 aliphatic rings. The molecule has 0 bridgehead atoms. The molecule has 0 aliphatic carbocycles. The van der Waals surface area contributed by atoms with Gasteiger partial charge in [-0.15, -0.1) is 0 Å². The number of hydrogen-bond acceptors (Lipinski definition) is 6. The first-order chi connectivity index (χ1) is 11.3. The lowest BCUT2D eigenvalue weighted by Gasteiger charge is -2.35. The van der Waals surface area contributed by atoms with Crippen LogP contribution in [0.5, 0.6) is 0 Å². The zero-order valence-corrected chi connectivity index (χ0v) is 13.9. The fourth-order valence-electron chi connectivity index (χ4n) is 2.87. The fraction of sp³-hybridized carbons (Fsp3) is 0.615. The molecule has 1 unspecified atom stereocenters. The van der Waals surface area contributed by atoms with Crippen LogP contribution in [0.25, 0.3) is 0 Å². The predicted octanol–water partition coefficient (Wildman–Crippen LogP) is -1.30. The normalized spacial score (nSPS) is 22.5. The molecule has 11 heteroatoms. The zero-order valence-electron chi connectivity index (χ0n) is 13.1. The number of morpholine rings is 1. The average Bonchev–Trinajstić information content (AvgIpc) is 2.95. The summed E-state index contributed by atoms with van der Waals surface area (Å²) in [6.45, 7) is 1.78. The molecule has 10 nitrogen and oxygen atoms in total. The van der Waals surface area contributed by atoms with Crippen molar-refractivity contribution < 1.29 is 27.9 Å². The number of rotatable bonds is 4. The highest BCUT2D eigenvalue weighted by Crippen LogP contribution is 2.17. The molecule has 24 heavy (non-hydrogen) atoms. The largest absolute Gasteiger partial charge is 0.476 e. The van der Waals surface area contributed by atoms with E-state index in [-0.39, 0.29) is 37.0 Å². The first kappa shape index (κ1) is 16.9. The van der Waals surface area contributed by atoms with Crippen molar-refractivity contribution in [2.45, 2.75) is 12.6 Å². The Balaban J connectivity index is 1.70. The molecule has 1 fully saturated rings. The van der Waals surface area contributed by atoms with Crippen molar-refractivity contribution in [1.82, 2.24) is 19.0 Å². The summed E-state index contributed by atoms with van der Waals surface area (Å²) in [5.74, 6) is -1.52. The van der Waals surface area contributed by atoms with Gasteiger partial charge in [-0.2, -0.15) is 9.40 Å².